The Balaban J connectivity index is 2.62. The SMILES string of the molecule is Cc1ccc2sc(C(C)N)cc2c1. The fourth-order valence-corrected chi connectivity index (χ4v) is 2.41. The molecule has 68 valence electrons. The summed E-state index contributed by atoms with van der Waals surface area (Å²) < 4.78 is 1.33. The highest BCUT2D eigenvalue weighted by Gasteiger charge is 2.04. The van der Waals surface area contributed by atoms with Gasteiger partial charge in [-0.15, -0.1) is 11.3 Å². The van der Waals surface area contributed by atoms with E-state index in [1.165, 1.54) is 20.5 Å². The van der Waals surface area contributed by atoms with Crippen molar-refractivity contribution in [2.45, 2.75) is 19.9 Å². The van der Waals surface area contributed by atoms with Gasteiger partial charge in [-0.25, -0.2) is 0 Å². The van der Waals surface area contributed by atoms with Gasteiger partial charge in [-0.2, -0.15) is 0 Å². The topological polar surface area (TPSA) is 26.0 Å². The van der Waals surface area contributed by atoms with Gasteiger partial charge in [0.2, 0.25) is 0 Å². The van der Waals surface area contributed by atoms with E-state index in [0.29, 0.717) is 0 Å². The Kier molecular flexibility index (Phi) is 2.10. The lowest BCUT2D eigenvalue weighted by atomic mass is 10.2. The van der Waals surface area contributed by atoms with Crippen LogP contribution in [-0.4, -0.2) is 0 Å². The second kappa shape index (κ2) is 3.13. The van der Waals surface area contributed by atoms with Crippen LogP contribution in [0.15, 0.2) is 24.3 Å². The molecule has 2 heteroatoms. The van der Waals surface area contributed by atoms with Crippen molar-refractivity contribution in [1.29, 1.82) is 0 Å². The first-order valence-corrected chi connectivity index (χ1v) is 5.24. The molecule has 13 heavy (non-hydrogen) atoms. The molecule has 2 aromatic rings. The molecule has 0 amide bonds. The zero-order valence-corrected chi connectivity index (χ0v) is 8.69. The maximum atomic E-state index is 5.83. The lowest BCUT2D eigenvalue weighted by Gasteiger charge is -1.96. The minimum absolute atomic E-state index is 0.151. The zero-order chi connectivity index (χ0) is 9.42. The van der Waals surface area contributed by atoms with Gasteiger partial charge in [-0.3, -0.25) is 0 Å². The largest absolute Gasteiger partial charge is 0.324 e. The molecule has 2 rings (SSSR count). The van der Waals surface area contributed by atoms with E-state index < -0.39 is 0 Å². The number of hydrogen-bond acceptors (Lipinski definition) is 2. The standard InChI is InChI=1S/C11H13NS/c1-7-3-4-10-9(5-7)6-11(13-10)8(2)12/h3-6,8H,12H2,1-2H3. The maximum absolute atomic E-state index is 5.83. The molecule has 1 aromatic carbocycles. The third-order valence-corrected chi connectivity index (χ3v) is 3.46. The summed E-state index contributed by atoms with van der Waals surface area (Å²) in [5.74, 6) is 0. The average Bonchev–Trinajstić information content (AvgIpc) is 2.46. The van der Waals surface area contributed by atoms with E-state index in [9.17, 15) is 0 Å². The Labute approximate surface area is 82.2 Å². The number of rotatable bonds is 1. The van der Waals surface area contributed by atoms with E-state index in [1.807, 2.05) is 6.92 Å². The Morgan fingerprint density at radius 1 is 1.31 bits per heavy atom. The fraction of sp³-hybridized carbons (Fsp3) is 0.273. The van der Waals surface area contributed by atoms with Crippen LogP contribution in [0.4, 0.5) is 0 Å². The van der Waals surface area contributed by atoms with E-state index in [2.05, 4.69) is 31.2 Å². The summed E-state index contributed by atoms with van der Waals surface area (Å²) >= 11 is 1.79. The molecule has 1 unspecified atom stereocenters. The van der Waals surface area contributed by atoms with Crippen LogP contribution in [0.2, 0.25) is 0 Å². The first kappa shape index (κ1) is 8.73. The molecule has 0 radical (unpaired) electrons. The Morgan fingerprint density at radius 2 is 2.08 bits per heavy atom. The number of thiophene rings is 1. The van der Waals surface area contributed by atoms with Crippen LogP contribution in [0.3, 0.4) is 0 Å². The van der Waals surface area contributed by atoms with Crippen molar-refractivity contribution in [2.24, 2.45) is 5.73 Å². The minimum Gasteiger partial charge on any atom is -0.324 e. The van der Waals surface area contributed by atoms with Crippen LogP contribution in [0, 0.1) is 6.92 Å². The predicted molar refractivity (Wildman–Crippen MR) is 59.2 cm³/mol. The number of fused-ring (bicyclic) bond motifs is 1. The molecule has 1 heterocycles. The minimum atomic E-state index is 0.151. The van der Waals surface area contributed by atoms with Gasteiger partial charge in [0.05, 0.1) is 0 Å². The van der Waals surface area contributed by atoms with Gasteiger partial charge >= 0.3 is 0 Å². The number of aryl methyl sites for hydroxylation is 1. The molecule has 0 saturated carbocycles. The average molecular weight is 191 g/mol. The Hall–Kier alpha value is -0.860. The number of hydrogen-bond donors (Lipinski definition) is 1. The predicted octanol–water partition coefficient (Wildman–Crippen LogP) is 3.23. The highest BCUT2D eigenvalue weighted by Crippen LogP contribution is 2.29. The third kappa shape index (κ3) is 1.60. The molecule has 1 atom stereocenters. The monoisotopic (exact) mass is 191 g/mol. The van der Waals surface area contributed by atoms with Crippen LogP contribution in [-0.2, 0) is 0 Å². The van der Waals surface area contributed by atoms with Gasteiger partial charge < -0.3 is 5.73 Å². The quantitative estimate of drug-likeness (QED) is 0.735. The van der Waals surface area contributed by atoms with Crippen LogP contribution in [0.25, 0.3) is 10.1 Å². The summed E-state index contributed by atoms with van der Waals surface area (Å²) in [6.45, 7) is 4.14. The Morgan fingerprint density at radius 3 is 2.77 bits per heavy atom. The number of benzene rings is 1. The van der Waals surface area contributed by atoms with Crippen molar-refractivity contribution in [3.63, 3.8) is 0 Å². The van der Waals surface area contributed by atoms with Crippen LogP contribution < -0.4 is 5.73 Å². The van der Waals surface area contributed by atoms with Crippen molar-refractivity contribution >= 4 is 21.4 Å². The van der Waals surface area contributed by atoms with Crippen LogP contribution in [0.5, 0.6) is 0 Å². The number of nitrogens with two attached hydrogens (primary N) is 1. The first-order valence-electron chi connectivity index (χ1n) is 4.42. The van der Waals surface area contributed by atoms with E-state index in [-0.39, 0.29) is 6.04 Å². The summed E-state index contributed by atoms with van der Waals surface area (Å²) in [6, 6.07) is 8.86. The zero-order valence-electron chi connectivity index (χ0n) is 7.87. The lowest BCUT2D eigenvalue weighted by molar-refractivity contribution is 0.839. The van der Waals surface area contributed by atoms with Crippen molar-refractivity contribution < 1.29 is 0 Å². The molecular formula is C11H13NS. The smallest absolute Gasteiger partial charge is 0.0361 e. The van der Waals surface area contributed by atoms with E-state index >= 15 is 0 Å². The molecular weight excluding hydrogens is 178 g/mol. The molecule has 0 aliphatic heterocycles. The molecule has 0 saturated heterocycles. The summed E-state index contributed by atoms with van der Waals surface area (Å²) in [5.41, 5.74) is 7.13. The lowest BCUT2D eigenvalue weighted by Crippen LogP contribution is -2.01. The van der Waals surface area contributed by atoms with E-state index in [1.54, 1.807) is 11.3 Å². The summed E-state index contributed by atoms with van der Waals surface area (Å²) in [7, 11) is 0. The van der Waals surface area contributed by atoms with Crippen molar-refractivity contribution in [2.75, 3.05) is 0 Å². The Bertz CT molecular complexity index is 429. The van der Waals surface area contributed by atoms with Gasteiger partial charge in [-0.1, -0.05) is 17.7 Å². The second-order valence-electron chi connectivity index (χ2n) is 3.48. The van der Waals surface area contributed by atoms with Crippen LogP contribution in [0.1, 0.15) is 23.4 Å². The van der Waals surface area contributed by atoms with Crippen molar-refractivity contribution in [3.8, 4) is 0 Å². The van der Waals surface area contributed by atoms with Crippen molar-refractivity contribution in [3.05, 3.63) is 34.7 Å². The van der Waals surface area contributed by atoms with Crippen LogP contribution >= 0.6 is 11.3 Å². The van der Waals surface area contributed by atoms with Gasteiger partial charge in [-0.05, 0) is 31.4 Å². The molecule has 0 fully saturated rings. The third-order valence-electron chi connectivity index (χ3n) is 2.14. The molecule has 0 bridgehead atoms. The molecule has 2 N–H and O–H groups in total. The normalized spacial score (nSPS) is 13.5. The van der Waals surface area contributed by atoms with Gasteiger partial charge in [0.15, 0.2) is 0 Å². The maximum Gasteiger partial charge on any atom is 0.0361 e. The molecule has 1 aromatic heterocycles. The fourth-order valence-electron chi connectivity index (χ4n) is 1.41. The van der Waals surface area contributed by atoms with E-state index in [4.69, 9.17) is 5.73 Å². The summed E-state index contributed by atoms with van der Waals surface area (Å²) in [4.78, 5) is 1.26. The second-order valence-corrected chi connectivity index (χ2v) is 4.59. The highest BCUT2D eigenvalue weighted by atomic mass is 32.1. The van der Waals surface area contributed by atoms with Crippen molar-refractivity contribution in [1.82, 2.24) is 0 Å². The molecule has 0 aliphatic rings. The first-order chi connectivity index (χ1) is 6.16. The highest BCUT2D eigenvalue weighted by molar-refractivity contribution is 7.19. The van der Waals surface area contributed by atoms with Gasteiger partial charge in [0, 0.05) is 15.6 Å². The molecule has 1 nitrogen and oxygen atoms in total. The summed E-state index contributed by atoms with van der Waals surface area (Å²) in [6.07, 6.45) is 0. The van der Waals surface area contributed by atoms with E-state index in [0.717, 1.165) is 0 Å². The van der Waals surface area contributed by atoms with Gasteiger partial charge in [0.1, 0.15) is 0 Å². The van der Waals surface area contributed by atoms with Gasteiger partial charge in [0.25, 0.3) is 0 Å². The molecule has 0 spiro atoms. The molecule has 0 aliphatic carbocycles. The summed E-state index contributed by atoms with van der Waals surface area (Å²) in [5, 5.41) is 1.32.